The molecule has 148 valence electrons. The average Bonchev–Trinajstić information content (AvgIpc) is 2.66. The van der Waals surface area contributed by atoms with E-state index in [0.717, 1.165) is 5.56 Å². The summed E-state index contributed by atoms with van der Waals surface area (Å²) in [6, 6.07) is 9.89. The maximum Gasteiger partial charge on any atom is 0.338 e. The van der Waals surface area contributed by atoms with E-state index in [9.17, 15) is 19.7 Å². The second kappa shape index (κ2) is 9.21. The molecule has 1 atom stereocenters. The fraction of sp³-hybridized carbons (Fsp3) is 0.222. The minimum absolute atomic E-state index is 0.0885. The minimum Gasteiger partial charge on any atom is -0.495 e. The van der Waals surface area contributed by atoms with Gasteiger partial charge in [0.05, 0.1) is 17.7 Å². The first-order valence-corrected chi connectivity index (χ1v) is 8.22. The van der Waals surface area contributed by atoms with Crippen LogP contribution in [-0.4, -0.2) is 30.1 Å². The Balaban J connectivity index is 1.86. The second-order valence-electron chi connectivity index (χ2n) is 5.78. The number of nitro benzene ring substituents is 1. The molecule has 0 bridgehead atoms. The number of benzene rings is 2. The summed E-state index contributed by atoms with van der Waals surface area (Å²) < 4.78 is 10.5. The molecule has 2 aromatic rings. The van der Waals surface area contributed by atoms with Gasteiger partial charge in [-0.25, -0.2) is 10.2 Å². The topological polar surface area (TPSA) is 132 Å². The predicted octanol–water partition coefficient (Wildman–Crippen LogP) is 2.53. The Bertz CT molecular complexity index is 869. The van der Waals surface area contributed by atoms with Crippen LogP contribution in [-0.2, 0) is 4.79 Å². The number of rotatable bonds is 6. The molecule has 0 spiro atoms. The molecule has 0 saturated carbocycles. The molecule has 0 saturated heterocycles. The summed E-state index contributed by atoms with van der Waals surface area (Å²) in [5.41, 5.74) is 5.73. The molecule has 0 aliphatic carbocycles. The van der Waals surface area contributed by atoms with Crippen LogP contribution in [0, 0.1) is 17.0 Å². The molecule has 0 aliphatic rings. The van der Waals surface area contributed by atoms with Gasteiger partial charge in [0.25, 0.3) is 11.6 Å². The van der Waals surface area contributed by atoms with Gasteiger partial charge in [0.2, 0.25) is 0 Å². The van der Waals surface area contributed by atoms with Gasteiger partial charge in [-0.3, -0.25) is 20.3 Å². The molecule has 2 rings (SSSR count). The summed E-state index contributed by atoms with van der Waals surface area (Å²) in [5.74, 6) is 0.147. The van der Waals surface area contributed by atoms with E-state index in [4.69, 9.17) is 9.47 Å². The zero-order chi connectivity index (χ0) is 20.7. The zero-order valence-electron chi connectivity index (χ0n) is 15.5. The predicted molar refractivity (Wildman–Crippen MR) is 101 cm³/mol. The number of anilines is 1. The molecule has 2 aromatic carbocycles. The van der Waals surface area contributed by atoms with Crippen molar-refractivity contribution in [1.82, 2.24) is 10.9 Å². The second-order valence-corrected chi connectivity index (χ2v) is 5.78. The molecule has 10 nitrogen and oxygen atoms in total. The number of methoxy groups -OCH3 is 1. The van der Waals surface area contributed by atoms with E-state index >= 15 is 0 Å². The summed E-state index contributed by atoms with van der Waals surface area (Å²) in [6.45, 7) is 3.33. The minimum atomic E-state index is -0.949. The van der Waals surface area contributed by atoms with Crippen LogP contribution in [0.1, 0.15) is 12.5 Å². The van der Waals surface area contributed by atoms with Crippen molar-refractivity contribution in [2.24, 2.45) is 0 Å². The smallest absolute Gasteiger partial charge is 0.338 e. The molecule has 0 fully saturated rings. The van der Waals surface area contributed by atoms with Crippen molar-refractivity contribution in [1.29, 1.82) is 0 Å². The normalized spacial score (nSPS) is 11.1. The number of hydrogen-bond donors (Lipinski definition) is 3. The Hall–Kier alpha value is -3.82. The van der Waals surface area contributed by atoms with E-state index in [1.807, 2.05) is 13.0 Å². The highest BCUT2D eigenvalue weighted by Crippen LogP contribution is 2.24. The number of urea groups is 1. The van der Waals surface area contributed by atoms with Crippen molar-refractivity contribution in [3.63, 3.8) is 0 Å². The fourth-order valence-corrected chi connectivity index (χ4v) is 2.20. The van der Waals surface area contributed by atoms with Gasteiger partial charge in [-0.2, -0.15) is 0 Å². The first kappa shape index (κ1) is 20.5. The Kier molecular flexibility index (Phi) is 6.74. The Labute approximate surface area is 161 Å². The molecular formula is C18H20N4O6. The lowest BCUT2D eigenvalue weighted by molar-refractivity contribution is -0.384. The molecule has 10 heteroatoms. The summed E-state index contributed by atoms with van der Waals surface area (Å²) >= 11 is 0. The maximum atomic E-state index is 12.0. The van der Waals surface area contributed by atoms with Gasteiger partial charge in [0.1, 0.15) is 11.5 Å². The molecule has 0 heterocycles. The Morgan fingerprint density at radius 1 is 1.11 bits per heavy atom. The fourth-order valence-electron chi connectivity index (χ4n) is 2.20. The van der Waals surface area contributed by atoms with Crippen molar-refractivity contribution in [2.45, 2.75) is 20.0 Å². The summed E-state index contributed by atoms with van der Waals surface area (Å²) in [7, 11) is 1.48. The van der Waals surface area contributed by atoms with Crippen LogP contribution in [0.15, 0.2) is 42.5 Å². The summed E-state index contributed by atoms with van der Waals surface area (Å²) in [6.07, 6.45) is -0.949. The zero-order valence-corrected chi connectivity index (χ0v) is 15.5. The van der Waals surface area contributed by atoms with Crippen LogP contribution < -0.4 is 25.6 Å². The third-order valence-electron chi connectivity index (χ3n) is 3.63. The van der Waals surface area contributed by atoms with Gasteiger partial charge in [-0.05, 0) is 43.7 Å². The SMILES string of the molecule is COc1ccc(C)cc1NC(=O)NNC(=O)[C@@H](C)Oc1ccc([N+](=O)[O-])cc1. The molecule has 28 heavy (non-hydrogen) atoms. The van der Waals surface area contributed by atoms with E-state index in [1.54, 1.807) is 12.1 Å². The number of ether oxygens (including phenoxy) is 2. The molecule has 0 aromatic heterocycles. The lowest BCUT2D eigenvalue weighted by Crippen LogP contribution is -2.48. The van der Waals surface area contributed by atoms with E-state index in [-0.39, 0.29) is 11.4 Å². The molecule has 3 N–H and O–H groups in total. The van der Waals surface area contributed by atoms with Gasteiger partial charge < -0.3 is 14.8 Å². The first-order chi connectivity index (χ1) is 13.3. The van der Waals surface area contributed by atoms with Crippen molar-refractivity contribution < 1.29 is 24.0 Å². The van der Waals surface area contributed by atoms with Gasteiger partial charge >= 0.3 is 6.03 Å². The number of aryl methyl sites for hydroxylation is 1. The molecule has 0 aliphatic heterocycles. The monoisotopic (exact) mass is 388 g/mol. The van der Waals surface area contributed by atoms with Crippen molar-refractivity contribution >= 4 is 23.3 Å². The number of non-ortho nitro benzene ring substituents is 1. The lowest BCUT2D eigenvalue weighted by atomic mass is 10.2. The van der Waals surface area contributed by atoms with Crippen LogP contribution in [0.3, 0.4) is 0 Å². The van der Waals surface area contributed by atoms with E-state index < -0.39 is 23.0 Å². The summed E-state index contributed by atoms with van der Waals surface area (Å²) in [4.78, 5) is 34.1. The number of nitrogens with one attached hydrogen (secondary N) is 3. The standard InChI is InChI=1S/C18H20N4O6/c1-11-4-9-16(27-3)15(10-11)19-18(24)21-20-17(23)12(2)28-14-7-5-13(6-8-14)22(25)26/h4-10,12H,1-3H3,(H,20,23)(H2,19,21,24)/t12-/m1/s1. The Morgan fingerprint density at radius 2 is 1.79 bits per heavy atom. The third-order valence-corrected chi connectivity index (χ3v) is 3.63. The van der Waals surface area contributed by atoms with Crippen LogP contribution >= 0.6 is 0 Å². The molecular weight excluding hydrogens is 368 g/mol. The first-order valence-electron chi connectivity index (χ1n) is 8.22. The largest absolute Gasteiger partial charge is 0.495 e. The van der Waals surface area contributed by atoms with Gasteiger partial charge in [0.15, 0.2) is 6.10 Å². The number of amides is 3. The van der Waals surface area contributed by atoms with Crippen LogP contribution in [0.25, 0.3) is 0 Å². The van der Waals surface area contributed by atoms with Gasteiger partial charge in [-0.15, -0.1) is 0 Å². The number of hydrogen-bond acceptors (Lipinski definition) is 6. The lowest BCUT2D eigenvalue weighted by Gasteiger charge is -2.16. The van der Waals surface area contributed by atoms with E-state index in [1.165, 1.54) is 38.3 Å². The van der Waals surface area contributed by atoms with Gasteiger partial charge in [-0.1, -0.05) is 6.07 Å². The van der Waals surface area contributed by atoms with Crippen LogP contribution in [0.4, 0.5) is 16.2 Å². The third kappa shape index (κ3) is 5.59. The van der Waals surface area contributed by atoms with Crippen LogP contribution in [0.2, 0.25) is 0 Å². The Morgan fingerprint density at radius 3 is 2.39 bits per heavy atom. The molecule has 3 amide bonds. The number of carbonyl (C=O) groups is 2. The molecule has 0 unspecified atom stereocenters. The van der Waals surface area contributed by atoms with E-state index in [0.29, 0.717) is 11.4 Å². The number of hydrazine groups is 1. The van der Waals surface area contributed by atoms with Crippen molar-refractivity contribution in [2.75, 3.05) is 12.4 Å². The summed E-state index contributed by atoms with van der Waals surface area (Å²) in [5, 5.41) is 13.2. The van der Waals surface area contributed by atoms with Crippen molar-refractivity contribution in [3.8, 4) is 11.5 Å². The highest BCUT2D eigenvalue weighted by molar-refractivity contribution is 5.93. The maximum absolute atomic E-state index is 12.0. The average molecular weight is 388 g/mol. The highest BCUT2D eigenvalue weighted by Gasteiger charge is 2.16. The quantitative estimate of drug-likeness (QED) is 0.515. The molecule has 0 radical (unpaired) electrons. The van der Waals surface area contributed by atoms with Crippen LogP contribution in [0.5, 0.6) is 11.5 Å². The number of nitrogens with zero attached hydrogens (tertiary/aromatic N) is 1. The van der Waals surface area contributed by atoms with Crippen molar-refractivity contribution in [3.05, 3.63) is 58.1 Å². The highest BCUT2D eigenvalue weighted by atomic mass is 16.6. The number of carbonyl (C=O) groups excluding carboxylic acids is 2. The van der Waals surface area contributed by atoms with E-state index in [2.05, 4.69) is 16.2 Å². The van der Waals surface area contributed by atoms with Gasteiger partial charge in [0, 0.05) is 12.1 Å². The number of nitro groups is 1.